The Bertz CT molecular complexity index is 968. The van der Waals surface area contributed by atoms with Crippen molar-refractivity contribution < 1.29 is 19.1 Å². The number of carbonyl (C=O) groups is 2. The lowest BCUT2D eigenvalue weighted by molar-refractivity contribution is -0.152. The molecule has 5 nitrogen and oxygen atoms in total. The average molecular weight is 397 g/mol. The van der Waals surface area contributed by atoms with E-state index in [0.717, 1.165) is 27.6 Å². The molecular weight excluding hydrogens is 374 g/mol. The van der Waals surface area contributed by atoms with Gasteiger partial charge in [-0.2, -0.15) is 11.3 Å². The van der Waals surface area contributed by atoms with Crippen molar-refractivity contribution in [2.24, 2.45) is 0 Å². The summed E-state index contributed by atoms with van der Waals surface area (Å²) in [7, 11) is 3.33. The number of nitrogens with zero attached hydrogens (tertiary/aromatic N) is 1. The molecule has 0 aliphatic heterocycles. The Labute approximate surface area is 168 Å². The molecule has 1 heterocycles. The molecule has 1 aromatic heterocycles. The van der Waals surface area contributed by atoms with Crippen molar-refractivity contribution in [2.45, 2.75) is 19.4 Å². The van der Waals surface area contributed by atoms with Gasteiger partial charge in [0.25, 0.3) is 5.91 Å². The average Bonchev–Trinajstić information content (AvgIpc) is 3.23. The van der Waals surface area contributed by atoms with Crippen molar-refractivity contribution in [3.63, 3.8) is 0 Å². The summed E-state index contributed by atoms with van der Waals surface area (Å²) >= 11 is 1.59. The number of carbonyl (C=O) groups excluding carboxylic acids is 2. The zero-order chi connectivity index (χ0) is 20.1. The molecule has 0 bridgehead atoms. The van der Waals surface area contributed by atoms with Crippen LogP contribution in [-0.4, -0.2) is 37.5 Å². The van der Waals surface area contributed by atoms with E-state index in [1.54, 1.807) is 37.3 Å². The Morgan fingerprint density at radius 3 is 2.57 bits per heavy atom. The molecule has 0 aliphatic carbocycles. The lowest BCUT2D eigenvalue weighted by atomic mass is 9.98. The minimum atomic E-state index is -0.457. The lowest BCUT2D eigenvalue weighted by Gasteiger charge is -2.18. The van der Waals surface area contributed by atoms with Crippen LogP contribution in [0.4, 0.5) is 0 Å². The Morgan fingerprint density at radius 2 is 1.86 bits per heavy atom. The van der Waals surface area contributed by atoms with E-state index in [2.05, 4.69) is 0 Å². The zero-order valence-corrected chi connectivity index (χ0v) is 17.0. The molecule has 0 fully saturated rings. The molecule has 1 atom stereocenters. The molecule has 2 aromatic carbocycles. The van der Waals surface area contributed by atoms with Gasteiger partial charge >= 0.3 is 5.97 Å². The van der Waals surface area contributed by atoms with E-state index in [4.69, 9.17) is 9.47 Å². The Hall–Kier alpha value is -2.86. The summed E-state index contributed by atoms with van der Waals surface area (Å²) in [5, 5.41) is 6.01. The third kappa shape index (κ3) is 4.70. The van der Waals surface area contributed by atoms with Crippen LogP contribution in [0, 0.1) is 0 Å². The molecule has 28 heavy (non-hydrogen) atoms. The molecule has 0 spiro atoms. The quantitative estimate of drug-likeness (QED) is 0.560. The summed E-state index contributed by atoms with van der Waals surface area (Å²) in [5.74, 6) is -0.304. The lowest BCUT2D eigenvalue weighted by Crippen LogP contribution is -2.31. The van der Waals surface area contributed by atoms with Crippen LogP contribution in [0.3, 0.4) is 0 Å². The van der Waals surface area contributed by atoms with Crippen LogP contribution in [-0.2, 0) is 20.9 Å². The standard InChI is InChI=1S/C22H23NO4S/c1-15(17-4-5-19-11-20(26-3)7-6-18(19)10-17)22(25)27-13-21(24)23(2)12-16-8-9-28-14-16/h4-11,14-15H,12-13H2,1-3H3/t15-/m0/s1. The maximum atomic E-state index is 12.4. The number of methoxy groups -OCH3 is 1. The van der Waals surface area contributed by atoms with Gasteiger partial charge in [-0.05, 0) is 57.8 Å². The normalized spacial score (nSPS) is 11.8. The first kappa shape index (κ1) is 19.9. The number of likely N-dealkylation sites (N-methyl/N-ethyl adjacent to an activating group) is 1. The van der Waals surface area contributed by atoms with E-state index in [0.29, 0.717) is 6.54 Å². The highest BCUT2D eigenvalue weighted by atomic mass is 32.1. The SMILES string of the molecule is COc1ccc2cc([C@H](C)C(=O)OCC(=O)N(C)Cc3ccsc3)ccc2c1. The second-order valence-electron chi connectivity index (χ2n) is 6.68. The van der Waals surface area contributed by atoms with Gasteiger partial charge in [-0.1, -0.05) is 24.3 Å². The van der Waals surface area contributed by atoms with E-state index < -0.39 is 11.9 Å². The van der Waals surface area contributed by atoms with Crippen molar-refractivity contribution >= 4 is 34.0 Å². The third-order valence-electron chi connectivity index (χ3n) is 4.69. The van der Waals surface area contributed by atoms with Crippen LogP contribution in [0.15, 0.2) is 53.2 Å². The second kappa shape index (κ2) is 8.89. The number of hydrogen-bond acceptors (Lipinski definition) is 5. The third-order valence-corrected chi connectivity index (χ3v) is 5.42. The van der Waals surface area contributed by atoms with Gasteiger partial charge in [0.2, 0.25) is 0 Å². The van der Waals surface area contributed by atoms with Gasteiger partial charge in [-0.25, -0.2) is 0 Å². The molecule has 0 N–H and O–H groups in total. The maximum Gasteiger partial charge on any atom is 0.313 e. The molecule has 146 valence electrons. The van der Waals surface area contributed by atoms with Crippen LogP contribution in [0.5, 0.6) is 5.75 Å². The Morgan fingerprint density at radius 1 is 1.11 bits per heavy atom. The van der Waals surface area contributed by atoms with Gasteiger partial charge in [0.05, 0.1) is 13.0 Å². The number of hydrogen-bond donors (Lipinski definition) is 0. The van der Waals surface area contributed by atoms with Crippen molar-refractivity contribution in [2.75, 3.05) is 20.8 Å². The van der Waals surface area contributed by atoms with E-state index in [1.165, 1.54) is 0 Å². The van der Waals surface area contributed by atoms with Gasteiger partial charge < -0.3 is 14.4 Å². The first-order valence-corrected chi connectivity index (χ1v) is 9.91. The molecule has 0 saturated heterocycles. The predicted octanol–water partition coefficient (Wildman–Crippen LogP) is 4.22. The first-order valence-electron chi connectivity index (χ1n) is 8.97. The molecule has 0 unspecified atom stereocenters. The van der Waals surface area contributed by atoms with Gasteiger partial charge in [0.15, 0.2) is 6.61 Å². The van der Waals surface area contributed by atoms with Crippen molar-refractivity contribution in [3.05, 3.63) is 64.4 Å². The van der Waals surface area contributed by atoms with Gasteiger partial charge in [-0.3, -0.25) is 9.59 Å². The monoisotopic (exact) mass is 397 g/mol. The van der Waals surface area contributed by atoms with E-state index in [-0.39, 0.29) is 12.5 Å². The fourth-order valence-corrected chi connectivity index (χ4v) is 3.55. The number of benzene rings is 2. The molecule has 3 rings (SSSR count). The summed E-state index contributed by atoms with van der Waals surface area (Å²) in [6.45, 7) is 2.03. The molecule has 0 saturated carbocycles. The number of fused-ring (bicyclic) bond motifs is 1. The minimum Gasteiger partial charge on any atom is -0.497 e. The van der Waals surface area contributed by atoms with Crippen LogP contribution >= 0.6 is 11.3 Å². The maximum absolute atomic E-state index is 12.4. The Kier molecular flexibility index (Phi) is 6.31. The summed E-state index contributed by atoms with van der Waals surface area (Å²) < 4.78 is 10.5. The number of esters is 1. The fourth-order valence-electron chi connectivity index (χ4n) is 2.89. The number of rotatable bonds is 7. The molecule has 3 aromatic rings. The smallest absolute Gasteiger partial charge is 0.313 e. The first-order chi connectivity index (χ1) is 13.5. The Balaban J connectivity index is 1.59. The molecule has 6 heteroatoms. The predicted molar refractivity (Wildman–Crippen MR) is 111 cm³/mol. The summed E-state index contributed by atoms with van der Waals surface area (Å²) in [4.78, 5) is 26.2. The zero-order valence-electron chi connectivity index (χ0n) is 16.2. The highest BCUT2D eigenvalue weighted by molar-refractivity contribution is 7.07. The molecule has 0 aliphatic rings. The topological polar surface area (TPSA) is 55.8 Å². The van der Waals surface area contributed by atoms with Crippen molar-refractivity contribution in [1.29, 1.82) is 0 Å². The highest BCUT2D eigenvalue weighted by Gasteiger charge is 2.19. The van der Waals surface area contributed by atoms with E-state index >= 15 is 0 Å². The molecule has 0 radical (unpaired) electrons. The number of thiophene rings is 1. The summed E-state index contributed by atoms with van der Waals surface area (Å²) in [6.07, 6.45) is 0. The van der Waals surface area contributed by atoms with Crippen LogP contribution in [0.1, 0.15) is 24.0 Å². The van der Waals surface area contributed by atoms with Crippen LogP contribution in [0.25, 0.3) is 10.8 Å². The van der Waals surface area contributed by atoms with Crippen LogP contribution in [0.2, 0.25) is 0 Å². The summed E-state index contributed by atoms with van der Waals surface area (Å²) in [5.41, 5.74) is 1.91. The van der Waals surface area contributed by atoms with Gasteiger partial charge in [0.1, 0.15) is 5.75 Å². The van der Waals surface area contributed by atoms with Crippen molar-refractivity contribution in [1.82, 2.24) is 4.90 Å². The van der Waals surface area contributed by atoms with Gasteiger partial charge in [-0.15, -0.1) is 0 Å². The minimum absolute atomic E-state index is 0.225. The number of ether oxygens (including phenoxy) is 2. The fraction of sp³-hybridized carbons (Fsp3) is 0.273. The number of amides is 1. The summed E-state index contributed by atoms with van der Waals surface area (Å²) in [6, 6.07) is 13.6. The molecule has 1 amide bonds. The van der Waals surface area contributed by atoms with E-state index in [9.17, 15) is 9.59 Å². The highest BCUT2D eigenvalue weighted by Crippen LogP contribution is 2.25. The molecular formula is C22H23NO4S. The second-order valence-corrected chi connectivity index (χ2v) is 7.46. The van der Waals surface area contributed by atoms with Gasteiger partial charge in [0, 0.05) is 13.6 Å². The van der Waals surface area contributed by atoms with Crippen molar-refractivity contribution in [3.8, 4) is 5.75 Å². The largest absolute Gasteiger partial charge is 0.497 e. The van der Waals surface area contributed by atoms with E-state index in [1.807, 2.05) is 53.2 Å². The van der Waals surface area contributed by atoms with Crippen LogP contribution < -0.4 is 4.74 Å².